The minimum atomic E-state index is -0.633. The predicted molar refractivity (Wildman–Crippen MR) is 107 cm³/mol. The zero-order valence-corrected chi connectivity index (χ0v) is 16.5. The molecule has 0 aliphatic heterocycles. The van der Waals surface area contributed by atoms with Gasteiger partial charge in [-0.25, -0.2) is 9.78 Å². The van der Waals surface area contributed by atoms with E-state index >= 15 is 0 Å². The van der Waals surface area contributed by atoms with E-state index in [0.717, 1.165) is 0 Å². The summed E-state index contributed by atoms with van der Waals surface area (Å²) in [5.41, 5.74) is 3.34. The van der Waals surface area contributed by atoms with Crippen LogP contribution < -0.4 is 14.9 Å². The van der Waals surface area contributed by atoms with Gasteiger partial charge in [-0.2, -0.15) is 5.10 Å². The Bertz CT molecular complexity index is 1020. The van der Waals surface area contributed by atoms with E-state index in [1.165, 1.54) is 31.7 Å². The summed E-state index contributed by atoms with van der Waals surface area (Å²) < 4.78 is 15.5. The maximum Gasteiger partial charge on any atom is 0.379 e. The number of methoxy groups -OCH3 is 1. The maximum absolute atomic E-state index is 12.0. The molecule has 0 radical (unpaired) electrons. The molecule has 7 nitrogen and oxygen atoms in total. The Morgan fingerprint density at radius 2 is 2.00 bits per heavy atom. The van der Waals surface area contributed by atoms with Gasteiger partial charge in [0.2, 0.25) is 5.76 Å². The number of halogens is 3. The Hall–Kier alpha value is -2.74. The number of carbonyl (C=O) groups is 1. The van der Waals surface area contributed by atoms with Crippen LogP contribution in [0, 0.1) is 0 Å². The Balaban J connectivity index is 1.72. The highest BCUT2D eigenvalue weighted by molar-refractivity contribution is 6.42. The van der Waals surface area contributed by atoms with Crippen molar-refractivity contribution in [2.75, 3.05) is 12.5 Å². The van der Waals surface area contributed by atoms with Crippen LogP contribution in [0.25, 0.3) is 0 Å². The number of carbonyl (C=O) groups excluding carboxylic acids is 1. The van der Waals surface area contributed by atoms with Crippen molar-refractivity contribution in [2.45, 2.75) is 0 Å². The van der Waals surface area contributed by atoms with E-state index < -0.39 is 5.97 Å². The Morgan fingerprint density at radius 3 is 2.71 bits per heavy atom. The van der Waals surface area contributed by atoms with E-state index in [0.29, 0.717) is 11.3 Å². The first-order chi connectivity index (χ1) is 13.5. The third-order valence-corrected chi connectivity index (χ3v) is 4.34. The molecule has 0 aliphatic carbocycles. The number of hydrogen-bond donors (Lipinski definition) is 1. The number of anilines is 1. The highest BCUT2D eigenvalue weighted by Gasteiger charge is 2.15. The van der Waals surface area contributed by atoms with E-state index in [-0.39, 0.29) is 32.5 Å². The summed E-state index contributed by atoms with van der Waals surface area (Å²) in [5.74, 6) is 0.288. The van der Waals surface area contributed by atoms with Gasteiger partial charge < -0.3 is 13.9 Å². The van der Waals surface area contributed by atoms with E-state index in [1.54, 1.807) is 24.3 Å². The van der Waals surface area contributed by atoms with Gasteiger partial charge in [0.1, 0.15) is 5.15 Å². The molecule has 0 saturated carbocycles. The number of hydrogen-bond acceptors (Lipinski definition) is 7. The molecule has 2 heterocycles. The molecule has 28 heavy (non-hydrogen) atoms. The standard InChI is InChI=1S/C18H12Cl3N3O4/c1-26-15-7-10(4-5-13(15)28-18(25)14-3-2-6-27-14)9-22-24-17-12(20)8-11(19)16(21)23-17/h2-9H,1H3,(H,23,24)/b22-9-. The van der Waals surface area contributed by atoms with Crippen LogP contribution in [0.1, 0.15) is 16.1 Å². The average Bonchev–Trinajstić information content (AvgIpc) is 3.21. The summed E-state index contributed by atoms with van der Waals surface area (Å²) in [7, 11) is 1.46. The lowest BCUT2D eigenvalue weighted by Gasteiger charge is -2.09. The van der Waals surface area contributed by atoms with Crippen LogP contribution in [-0.2, 0) is 0 Å². The fourth-order valence-electron chi connectivity index (χ4n) is 2.08. The molecule has 144 valence electrons. The molecule has 3 rings (SSSR count). The molecule has 0 fully saturated rings. The summed E-state index contributed by atoms with van der Waals surface area (Å²) in [4.78, 5) is 16.0. The zero-order valence-electron chi connectivity index (χ0n) is 14.3. The van der Waals surface area contributed by atoms with Crippen LogP contribution in [-0.4, -0.2) is 24.3 Å². The molecule has 0 bridgehead atoms. The molecule has 10 heteroatoms. The van der Waals surface area contributed by atoms with Gasteiger partial charge in [0.05, 0.1) is 29.6 Å². The van der Waals surface area contributed by atoms with Crippen molar-refractivity contribution >= 4 is 52.8 Å². The Labute approximate surface area is 174 Å². The van der Waals surface area contributed by atoms with Crippen molar-refractivity contribution < 1.29 is 18.7 Å². The first-order valence-corrected chi connectivity index (χ1v) is 8.85. The van der Waals surface area contributed by atoms with Crippen LogP contribution in [0.3, 0.4) is 0 Å². The van der Waals surface area contributed by atoms with Crippen LogP contribution in [0.15, 0.2) is 52.2 Å². The molecule has 3 aromatic rings. The van der Waals surface area contributed by atoms with Gasteiger partial charge >= 0.3 is 5.97 Å². The average molecular weight is 441 g/mol. The van der Waals surface area contributed by atoms with Gasteiger partial charge in [-0.1, -0.05) is 34.8 Å². The lowest BCUT2D eigenvalue weighted by Crippen LogP contribution is -2.08. The lowest BCUT2D eigenvalue weighted by molar-refractivity contribution is 0.0696. The van der Waals surface area contributed by atoms with Crippen LogP contribution in [0.4, 0.5) is 5.82 Å². The first-order valence-electron chi connectivity index (χ1n) is 7.72. The SMILES string of the molecule is COc1cc(/C=N\Nc2nc(Cl)c(Cl)cc2Cl)ccc1OC(=O)c1ccco1. The molecular formula is C18H12Cl3N3O4. The highest BCUT2D eigenvalue weighted by Crippen LogP contribution is 2.30. The summed E-state index contributed by atoms with van der Waals surface area (Å²) in [6.45, 7) is 0. The summed E-state index contributed by atoms with van der Waals surface area (Å²) in [6.07, 6.45) is 2.89. The largest absolute Gasteiger partial charge is 0.493 e. The molecular weight excluding hydrogens is 429 g/mol. The quantitative estimate of drug-likeness (QED) is 0.184. The Kier molecular flexibility index (Phi) is 6.41. The van der Waals surface area contributed by atoms with Crippen molar-refractivity contribution in [3.05, 3.63) is 69.2 Å². The number of ether oxygens (including phenoxy) is 2. The second-order valence-electron chi connectivity index (χ2n) is 5.24. The number of benzene rings is 1. The summed E-state index contributed by atoms with van der Waals surface area (Å²) in [5, 5.41) is 4.66. The second kappa shape index (κ2) is 8.97. The molecule has 0 saturated heterocycles. The molecule has 0 spiro atoms. The van der Waals surface area contributed by atoms with Crippen LogP contribution in [0.5, 0.6) is 11.5 Å². The normalized spacial score (nSPS) is 10.9. The van der Waals surface area contributed by atoms with Gasteiger partial charge in [0.25, 0.3) is 0 Å². The van der Waals surface area contributed by atoms with Gasteiger partial charge in [0.15, 0.2) is 17.3 Å². The van der Waals surface area contributed by atoms with Crippen LogP contribution >= 0.6 is 34.8 Å². The number of esters is 1. The number of hydrazone groups is 1. The molecule has 0 unspecified atom stereocenters. The number of pyridine rings is 1. The fourth-order valence-corrected chi connectivity index (χ4v) is 2.62. The van der Waals surface area contributed by atoms with Crippen molar-refractivity contribution in [2.24, 2.45) is 5.10 Å². The van der Waals surface area contributed by atoms with Gasteiger partial charge in [-0.3, -0.25) is 5.43 Å². The molecule has 0 amide bonds. The summed E-state index contributed by atoms with van der Waals surface area (Å²) >= 11 is 17.7. The molecule has 0 aliphatic rings. The van der Waals surface area contributed by atoms with E-state index in [9.17, 15) is 4.79 Å². The predicted octanol–water partition coefficient (Wildman–Crippen LogP) is 5.31. The van der Waals surface area contributed by atoms with Crippen molar-refractivity contribution in [1.82, 2.24) is 4.98 Å². The third kappa shape index (κ3) is 4.75. The van der Waals surface area contributed by atoms with Gasteiger partial charge in [0, 0.05) is 0 Å². The molecule has 2 aromatic heterocycles. The van der Waals surface area contributed by atoms with Gasteiger partial charge in [-0.15, -0.1) is 0 Å². The highest BCUT2D eigenvalue weighted by atomic mass is 35.5. The van der Waals surface area contributed by atoms with Crippen molar-refractivity contribution in [3.8, 4) is 11.5 Å². The lowest BCUT2D eigenvalue weighted by atomic mass is 10.2. The maximum atomic E-state index is 12.0. The smallest absolute Gasteiger partial charge is 0.379 e. The third-order valence-electron chi connectivity index (χ3n) is 3.38. The summed E-state index contributed by atoms with van der Waals surface area (Å²) in [6, 6.07) is 9.45. The monoisotopic (exact) mass is 439 g/mol. The first kappa shape index (κ1) is 20.0. The van der Waals surface area contributed by atoms with Crippen molar-refractivity contribution in [3.63, 3.8) is 0 Å². The van der Waals surface area contributed by atoms with Crippen molar-refractivity contribution in [1.29, 1.82) is 0 Å². The molecule has 1 N–H and O–H groups in total. The van der Waals surface area contributed by atoms with Crippen LogP contribution in [0.2, 0.25) is 15.2 Å². The number of nitrogens with zero attached hydrogens (tertiary/aromatic N) is 2. The zero-order chi connectivity index (χ0) is 20.1. The molecule has 1 aromatic carbocycles. The van der Waals surface area contributed by atoms with Gasteiger partial charge in [-0.05, 0) is 42.0 Å². The number of furan rings is 1. The second-order valence-corrected chi connectivity index (χ2v) is 6.41. The minimum absolute atomic E-state index is 0.0860. The molecule has 0 atom stereocenters. The Morgan fingerprint density at radius 1 is 1.18 bits per heavy atom. The minimum Gasteiger partial charge on any atom is -0.493 e. The number of aromatic nitrogens is 1. The fraction of sp³-hybridized carbons (Fsp3) is 0.0556. The topological polar surface area (TPSA) is 86.0 Å². The van der Waals surface area contributed by atoms with E-state index in [4.69, 9.17) is 48.7 Å². The number of nitrogens with one attached hydrogen (secondary N) is 1. The number of rotatable bonds is 6. The van der Waals surface area contributed by atoms with E-state index in [1.807, 2.05) is 0 Å². The van der Waals surface area contributed by atoms with E-state index in [2.05, 4.69) is 15.5 Å².